The number of carbonyl (C=O) groups excluding carboxylic acids is 1. The van der Waals surface area contributed by atoms with Gasteiger partial charge in [-0.1, -0.05) is 60.7 Å². The third kappa shape index (κ3) is 10.5. The molecule has 3 aliphatic rings. The van der Waals surface area contributed by atoms with E-state index in [1.54, 1.807) is 11.0 Å². The van der Waals surface area contributed by atoms with Crippen LogP contribution in [0.15, 0.2) is 72.8 Å². The second-order valence-corrected chi connectivity index (χ2v) is 15.3. The number of hydrogen-bond acceptors (Lipinski definition) is 7. The molecule has 7 N–H and O–H groups in total. The molecule has 288 valence electrons. The molecular weight excluding hydrogens is 686 g/mol. The zero-order valence-electron chi connectivity index (χ0n) is 30.7. The van der Waals surface area contributed by atoms with Crippen molar-refractivity contribution in [1.29, 1.82) is 0 Å². The highest BCUT2D eigenvalue weighted by Gasteiger charge is 2.33. The van der Waals surface area contributed by atoms with Crippen molar-refractivity contribution in [3.8, 4) is 0 Å². The first kappa shape index (κ1) is 38.9. The summed E-state index contributed by atoms with van der Waals surface area (Å²) in [6.45, 7) is 4.97. The molecule has 6 rings (SSSR count). The van der Waals surface area contributed by atoms with Gasteiger partial charge in [-0.3, -0.25) is 14.4 Å². The lowest BCUT2D eigenvalue weighted by atomic mass is 9.86. The van der Waals surface area contributed by atoms with Gasteiger partial charge in [-0.25, -0.2) is 4.79 Å². The number of carboxylic acids is 3. The fourth-order valence-corrected chi connectivity index (χ4v) is 8.52. The number of aliphatic carboxylic acids is 3. The average molecular weight is 740 g/mol. The number of anilines is 1. The lowest BCUT2D eigenvalue weighted by Gasteiger charge is -2.25. The first-order valence-electron chi connectivity index (χ1n) is 19.2. The number of benzene rings is 3. The van der Waals surface area contributed by atoms with Gasteiger partial charge in [0.1, 0.15) is 0 Å². The summed E-state index contributed by atoms with van der Waals surface area (Å²) in [6.07, 6.45) is 3.61. The third-order valence-electron chi connectivity index (χ3n) is 11.5. The Bertz CT molecular complexity index is 1690. The molecule has 0 aromatic heterocycles. The van der Waals surface area contributed by atoms with Crippen LogP contribution in [-0.2, 0) is 46.7 Å². The van der Waals surface area contributed by atoms with Crippen LogP contribution >= 0.6 is 0 Å². The van der Waals surface area contributed by atoms with Crippen LogP contribution in [0, 0.1) is 35.5 Å². The highest BCUT2D eigenvalue weighted by molar-refractivity contribution is 5.89. The summed E-state index contributed by atoms with van der Waals surface area (Å²) >= 11 is 0. The van der Waals surface area contributed by atoms with Crippen LogP contribution < -0.4 is 21.3 Å². The summed E-state index contributed by atoms with van der Waals surface area (Å²) in [5, 5.41) is 43.0. The molecule has 0 saturated carbocycles. The minimum atomic E-state index is -0.821. The molecule has 0 spiro atoms. The molecule has 2 amide bonds. The largest absolute Gasteiger partial charge is 0.481 e. The van der Waals surface area contributed by atoms with E-state index in [1.807, 2.05) is 66.7 Å². The minimum absolute atomic E-state index is 0.0454. The number of rotatable bonds is 17. The molecule has 0 bridgehead atoms. The van der Waals surface area contributed by atoms with Crippen molar-refractivity contribution in [2.75, 3.05) is 44.6 Å². The van der Waals surface area contributed by atoms with Crippen molar-refractivity contribution < 1.29 is 34.5 Å². The summed E-state index contributed by atoms with van der Waals surface area (Å²) in [6, 6.07) is 22.5. The average Bonchev–Trinajstić information content (AvgIpc) is 3.97. The fraction of sp³-hybridized carbons (Fsp3) is 0.476. The van der Waals surface area contributed by atoms with Crippen LogP contribution in [-0.4, -0.2) is 83.4 Å². The van der Waals surface area contributed by atoms with Gasteiger partial charge >= 0.3 is 23.9 Å². The van der Waals surface area contributed by atoms with Crippen molar-refractivity contribution in [2.24, 2.45) is 35.5 Å². The van der Waals surface area contributed by atoms with Crippen molar-refractivity contribution >= 4 is 29.6 Å². The predicted octanol–water partition coefficient (Wildman–Crippen LogP) is 4.48. The Morgan fingerprint density at radius 3 is 1.31 bits per heavy atom. The lowest BCUT2D eigenvalue weighted by molar-refractivity contribution is -0.144. The van der Waals surface area contributed by atoms with Crippen LogP contribution in [0.3, 0.4) is 0 Å². The molecule has 3 aliphatic heterocycles. The number of carboxylic acid groups (broad SMARTS) is 3. The highest BCUT2D eigenvalue weighted by Crippen LogP contribution is 2.28. The van der Waals surface area contributed by atoms with Crippen LogP contribution in [0.4, 0.5) is 10.5 Å². The standard InChI is InChI=1S/C42H53N5O7/c48-39(49)36(32-10-13-43-22-32)19-27-4-1-7-30(16-27)25-47(26-31-8-2-5-28(17-31)20-37(40(50)51)33-11-14-44-23-33)42(54)46-35-9-3-6-29(18-35)21-38(41(52)53)34-12-15-45-24-34/h1-9,16-18,32-34,36-38,43-45H,10-15,19-26H2,(H,46,54)(H,48,49)(H,50,51)(H,52,53)/t32-,33-,34-,36-,37-,38-/m0/s1. The van der Waals surface area contributed by atoms with E-state index < -0.39 is 35.7 Å². The molecule has 6 atom stereocenters. The fourth-order valence-electron chi connectivity index (χ4n) is 8.52. The summed E-state index contributed by atoms with van der Waals surface area (Å²) < 4.78 is 0. The van der Waals surface area contributed by atoms with Gasteiger partial charge in [0, 0.05) is 18.8 Å². The van der Waals surface area contributed by atoms with Gasteiger partial charge < -0.3 is 41.5 Å². The van der Waals surface area contributed by atoms with E-state index in [0.717, 1.165) is 66.7 Å². The number of hydrogen-bond donors (Lipinski definition) is 7. The number of urea groups is 1. The smallest absolute Gasteiger partial charge is 0.322 e. The molecule has 12 heteroatoms. The third-order valence-corrected chi connectivity index (χ3v) is 11.5. The molecule has 0 aliphatic carbocycles. The van der Waals surface area contributed by atoms with Crippen molar-refractivity contribution in [2.45, 2.75) is 51.6 Å². The second-order valence-electron chi connectivity index (χ2n) is 15.3. The molecule has 3 aromatic rings. The van der Waals surface area contributed by atoms with Crippen LogP contribution in [0.25, 0.3) is 0 Å². The molecule has 12 nitrogen and oxygen atoms in total. The molecule has 3 aromatic carbocycles. The van der Waals surface area contributed by atoms with Gasteiger partial charge in [0.25, 0.3) is 0 Å². The Morgan fingerprint density at radius 1 is 0.574 bits per heavy atom. The summed E-state index contributed by atoms with van der Waals surface area (Å²) in [5.74, 6) is -3.82. The topological polar surface area (TPSA) is 180 Å². The first-order valence-corrected chi connectivity index (χ1v) is 19.2. The Kier molecular flexibility index (Phi) is 13.3. The lowest BCUT2D eigenvalue weighted by Crippen LogP contribution is -2.34. The van der Waals surface area contributed by atoms with Crippen LogP contribution in [0.1, 0.15) is 47.1 Å². The monoisotopic (exact) mass is 739 g/mol. The number of amides is 2. The van der Waals surface area contributed by atoms with E-state index in [9.17, 15) is 34.5 Å². The minimum Gasteiger partial charge on any atom is -0.481 e. The number of nitrogens with zero attached hydrogens (tertiary/aromatic N) is 1. The molecule has 3 heterocycles. The van der Waals surface area contributed by atoms with E-state index in [4.69, 9.17) is 0 Å². The SMILES string of the molecule is O=C(O)[C@@H](Cc1cccc(CN(Cc2cccc(C[C@H](C(=O)O)[C@H]3CCNC3)c2)C(=O)Nc2cccc(C[C@H](C(=O)O)[C@H]3CCNC3)c2)c1)[C@H]1CCNC1. The van der Waals surface area contributed by atoms with Gasteiger partial charge in [0.05, 0.1) is 17.8 Å². The quantitative estimate of drug-likeness (QED) is 0.104. The van der Waals surface area contributed by atoms with Crippen LogP contribution in [0.5, 0.6) is 0 Å². The summed E-state index contributed by atoms with van der Waals surface area (Å²) in [4.78, 5) is 52.6. The van der Waals surface area contributed by atoms with Gasteiger partial charge in [-0.15, -0.1) is 0 Å². The van der Waals surface area contributed by atoms with E-state index in [2.05, 4.69) is 21.3 Å². The number of carbonyl (C=O) groups is 4. The Labute approximate surface area is 316 Å². The van der Waals surface area contributed by atoms with E-state index in [0.29, 0.717) is 44.6 Å². The normalized spacial score (nSPS) is 21.3. The highest BCUT2D eigenvalue weighted by atomic mass is 16.4. The predicted molar refractivity (Wildman–Crippen MR) is 205 cm³/mol. The first-order chi connectivity index (χ1) is 26.1. The summed E-state index contributed by atoms with van der Waals surface area (Å²) in [7, 11) is 0. The zero-order chi connectivity index (χ0) is 38.0. The van der Waals surface area contributed by atoms with Crippen LogP contribution in [0.2, 0.25) is 0 Å². The van der Waals surface area contributed by atoms with E-state index in [1.165, 1.54) is 0 Å². The maximum atomic E-state index is 14.2. The van der Waals surface area contributed by atoms with E-state index >= 15 is 0 Å². The molecule has 0 unspecified atom stereocenters. The Hall–Kier alpha value is -4.78. The van der Waals surface area contributed by atoms with Gasteiger partial charge in [0.2, 0.25) is 0 Å². The molecule has 3 saturated heterocycles. The van der Waals surface area contributed by atoms with Crippen molar-refractivity contribution in [3.05, 3.63) is 101 Å². The summed E-state index contributed by atoms with van der Waals surface area (Å²) in [5.41, 5.74) is 4.89. The Morgan fingerprint density at radius 2 is 0.944 bits per heavy atom. The number of nitrogens with one attached hydrogen (secondary N) is 4. The van der Waals surface area contributed by atoms with Gasteiger partial charge in [-0.2, -0.15) is 0 Å². The van der Waals surface area contributed by atoms with Gasteiger partial charge in [0.15, 0.2) is 0 Å². The van der Waals surface area contributed by atoms with Crippen molar-refractivity contribution in [1.82, 2.24) is 20.9 Å². The molecule has 0 radical (unpaired) electrons. The Balaban J connectivity index is 1.22. The van der Waals surface area contributed by atoms with Crippen molar-refractivity contribution in [3.63, 3.8) is 0 Å². The second kappa shape index (κ2) is 18.5. The maximum Gasteiger partial charge on any atom is 0.322 e. The molecular formula is C42H53N5O7. The molecule has 3 fully saturated rings. The molecule has 54 heavy (non-hydrogen) atoms. The zero-order valence-corrected chi connectivity index (χ0v) is 30.7. The van der Waals surface area contributed by atoms with E-state index in [-0.39, 0.29) is 36.9 Å². The maximum absolute atomic E-state index is 14.2. The van der Waals surface area contributed by atoms with Gasteiger partial charge in [-0.05, 0) is 135 Å².